The molecule has 0 radical (unpaired) electrons. The molecule has 4 heteroatoms. The Morgan fingerprint density at radius 2 is 1.91 bits per heavy atom. The average Bonchev–Trinajstić information content (AvgIpc) is 3.06. The molecule has 2 heterocycles. The van der Waals surface area contributed by atoms with Crippen LogP contribution in [0.15, 0.2) is 24.3 Å². The zero-order chi connectivity index (χ0) is 16.7. The third kappa shape index (κ3) is 2.48. The van der Waals surface area contributed by atoms with Crippen LogP contribution < -0.4 is 4.90 Å². The van der Waals surface area contributed by atoms with E-state index in [9.17, 15) is 9.59 Å². The van der Waals surface area contributed by atoms with E-state index < -0.39 is 0 Å². The first-order valence-corrected chi connectivity index (χ1v) is 8.00. The second-order valence-corrected chi connectivity index (χ2v) is 6.29. The van der Waals surface area contributed by atoms with Crippen molar-refractivity contribution in [3.05, 3.63) is 52.3 Å². The Hall–Kier alpha value is -2.36. The van der Waals surface area contributed by atoms with Gasteiger partial charge in [0, 0.05) is 23.5 Å². The molecule has 23 heavy (non-hydrogen) atoms. The number of hydrogen-bond donors (Lipinski definition) is 1. The van der Waals surface area contributed by atoms with Crippen LogP contribution in [0.2, 0.25) is 0 Å². The van der Waals surface area contributed by atoms with E-state index in [2.05, 4.69) is 22.0 Å². The summed E-state index contributed by atoms with van der Waals surface area (Å²) >= 11 is 0. The summed E-state index contributed by atoms with van der Waals surface area (Å²) in [5, 5.41) is 0. The van der Waals surface area contributed by atoms with E-state index in [1.165, 1.54) is 12.5 Å². The minimum Gasteiger partial charge on any atom is -0.361 e. The highest BCUT2D eigenvalue weighted by atomic mass is 16.1. The van der Waals surface area contributed by atoms with Crippen molar-refractivity contribution in [2.24, 2.45) is 0 Å². The second-order valence-electron chi connectivity index (χ2n) is 6.29. The lowest BCUT2D eigenvalue weighted by molar-refractivity contribution is 0.0959. The zero-order valence-electron chi connectivity index (χ0n) is 14.1. The van der Waals surface area contributed by atoms with Gasteiger partial charge in [0.1, 0.15) is 0 Å². The lowest BCUT2D eigenvalue weighted by atomic mass is 10.0. The lowest BCUT2D eigenvalue weighted by Crippen LogP contribution is -2.38. The Morgan fingerprint density at radius 3 is 2.57 bits per heavy atom. The number of aromatic amines is 1. The lowest BCUT2D eigenvalue weighted by Gasteiger charge is -2.26. The third-order valence-corrected chi connectivity index (χ3v) is 4.81. The van der Waals surface area contributed by atoms with Crippen LogP contribution >= 0.6 is 0 Å². The Balaban J connectivity index is 1.93. The van der Waals surface area contributed by atoms with E-state index in [0.29, 0.717) is 11.3 Å². The summed E-state index contributed by atoms with van der Waals surface area (Å²) in [6, 6.07) is 7.97. The minimum absolute atomic E-state index is 0.00512. The van der Waals surface area contributed by atoms with Gasteiger partial charge in [-0.3, -0.25) is 9.59 Å². The number of rotatable bonds is 4. The third-order valence-electron chi connectivity index (χ3n) is 4.81. The fourth-order valence-electron chi connectivity index (χ4n) is 3.64. The molecule has 1 aromatic carbocycles. The molecule has 3 rings (SSSR count). The van der Waals surface area contributed by atoms with Gasteiger partial charge in [0.2, 0.25) is 5.78 Å². The van der Waals surface area contributed by atoms with Gasteiger partial charge in [-0.25, -0.2) is 0 Å². The molecule has 0 saturated carbocycles. The van der Waals surface area contributed by atoms with Gasteiger partial charge in [0.15, 0.2) is 5.78 Å². The van der Waals surface area contributed by atoms with Gasteiger partial charge in [-0.05, 0) is 51.3 Å². The monoisotopic (exact) mass is 310 g/mol. The first kappa shape index (κ1) is 15.5. The van der Waals surface area contributed by atoms with E-state index in [-0.39, 0.29) is 17.6 Å². The number of hydrogen-bond acceptors (Lipinski definition) is 3. The van der Waals surface area contributed by atoms with Crippen LogP contribution in [-0.4, -0.2) is 29.1 Å². The van der Waals surface area contributed by atoms with Gasteiger partial charge in [0.25, 0.3) is 0 Å². The van der Waals surface area contributed by atoms with Crippen molar-refractivity contribution in [2.45, 2.75) is 40.2 Å². The van der Waals surface area contributed by atoms with Gasteiger partial charge in [-0.2, -0.15) is 0 Å². The minimum atomic E-state index is -0.254. The number of aromatic nitrogens is 1. The molecular weight excluding hydrogens is 288 g/mol. The van der Waals surface area contributed by atoms with Crippen molar-refractivity contribution in [3.63, 3.8) is 0 Å². The van der Waals surface area contributed by atoms with Crippen LogP contribution in [0.1, 0.15) is 51.5 Å². The summed E-state index contributed by atoms with van der Waals surface area (Å²) in [5.41, 5.74) is 5.16. The number of carbonyl (C=O) groups is 2. The first-order valence-electron chi connectivity index (χ1n) is 8.00. The topological polar surface area (TPSA) is 53.2 Å². The Morgan fingerprint density at radius 1 is 1.22 bits per heavy atom. The average molecular weight is 310 g/mol. The number of fused-ring (bicyclic) bond motifs is 1. The summed E-state index contributed by atoms with van der Waals surface area (Å²) in [7, 11) is 0. The molecule has 120 valence electrons. The normalized spacial score (nSPS) is 14.7. The molecule has 0 saturated heterocycles. The van der Waals surface area contributed by atoms with E-state index in [1.807, 2.05) is 32.9 Å². The highest BCUT2D eigenvalue weighted by Gasteiger charge is 2.30. The Labute approximate surface area is 136 Å². The van der Waals surface area contributed by atoms with Crippen LogP contribution in [0, 0.1) is 13.8 Å². The van der Waals surface area contributed by atoms with Crippen LogP contribution in [-0.2, 0) is 6.42 Å². The predicted octanol–water partition coefficient (Wildman–Crippen LogP) is 3.47. The van der Waals surface area contributed by atoms with Crippen molar-refractivity contribution >= 4 is 17.3 Å². The molecule has 1 aromatic heterocycles. The first-order chi connectivity index (χ1) is 10.9. The fraction of sp³-hybridized carbons (Fsp3) is 0.368. The summed E-state index contributed by atoms with van der Waals surface area (Å²) in [6.07, 6.45) is 0.967. The number of anilines is 1. The maximum absolute atomic E-state index is 13.0. The van der Waals surface area contributed by atoms with Crippen molar-refractivity contribution in [1.82, 2.24) is 4.98 Å². The number of nitrogens with zero attached hydrogens (tertiary/aromatic N) is 1. The van der Waals surface area contributed by atoms with Crippen molar-refractivity contribution in [3.8, 4) is 0 Å². The molecule has 4 nitrogen and oxygen atoms in total. The Kier molecular flexibility index (Phi) is 3.84. The molecule has 0 spiro atoms. The molecular formula is C19H22N2O2. The number of carbonyl (C=O) groups excluding carboxylic acids is 2. The molecule has 0 amide bonds. The van der Waals surface area contributed by atoms with Gasteiger partial charge in [-0.15, -0.1) is 0 Å². The van der Waals surface area contributed by atoms with Crippen molar-refractivity contribution in [1.29, 1.82) is 0 Å². The summed E-state index contributed by atoms with van der Waals surface area (Å²) in [6.45, 7) is 8.02. The highest BCUT2D eigenvalue weighted by Crippen LogP contribution is 2.30. The SMILES string of the molecule is CC(=O)c1c(C)[nH]c(C(=O)[C@H](C)N2CCc3ccccc32)c1C. The molecule has 0 fully saturated rings. The van der Waals surface area contributed by atoms with Crippen LogP contribution in [0.25, 0.3) is 0 Å². The van der Waals surface area contributed by atoms with Gasteiger partial charge >= 0.3 is 0 Å². The van der Waals surface area contributed by atoms with Crippen molar-refractivity contribution < 1.29 is 9.59 Å². The summed E-state index contributed by atoms with van der Waals surface area (Å²) in [4.78, 5) is 30.0. The largest absolute Gasteiger partial charge is 0.361 e. The summed E-state index contributed by atoms with van der Waals surface area (Å²) < 4.78 is 0. The fourth-order valence-corrected chi connectivity index (χ4v) is 3.64. The van der Waals surface area contributed by atoms with E-state index in [0.717, 1.165) is 29.9 Å². The molecule has 1 atom stereocenters. The smallest absolute Gasteiger partial charge is 0.201 e. The molecule has 0 bridgehead atoms. The predicted molar refractivity (Wildman–Crippen MR) is 91.6 cm³/mol. The molecule has 1 aliphatic heterocycles. The van der Waals surface area contributed by atoms with E-state index in [1.54, 1.807) is 0 Å². The quantitative estimate of drug-likeness (QED) is 0.880. The zero-order valence-corrected chi connectivity index (χ0v) is 14.1. The Bertz CT molecular complexity index is 789. The van der Waals surface area contributed by atoms with Gasteiger partial charge in [0.05, 0.1) is 11.7 Å². The standard InChI is InChI=1S/C19H22N2O2/c1-11-17(14(4)22)12(2)20-18(11)19(23)13(3)21-10-9-15-7-5-6-8-16(15)21/h5-8,13,20H,9-10H2,1-4H3/t13-/m0/s1. The van der Waals surface area contributed by atoms with Gasteiger partial charge in [-0.1, -0.05) is 18.2 Å². The van der Waals surface area contributed by atoms with Gasteiger partial charge < -0.3 is 9.88 Å². The number of nitrogens with one attached hydrogen (secondary N) is 1. The molecule has 0 unspecified atom stereocenters. The number of aryl methyl sites for hydroxylation is 1. The second kappa shape index (κ2) is 5.69. The van der Waals surface area contributed by atoms with Crippen molar-refractivity contribution in [2.75, 3.05) is 11.4 Å². The molecule has 1 N–H and O–H groups in total. The van der Waals surface area contributed by atoms with Crippen LogP contribution in [0.3, 0.4) is 0 Å². The maximum atomic E-state index is 13.0. The number of Topliss-reactive ketones (excluding diaryl/α,β-unsaturated/α-hetero) is 2. The number of H-pyrrole nitrogens is 1. The molecule has 1 aliphatic rings. The highest BCUT2D eigenvalue weighted by molar-refractivity contribution is 6.06. The number of benzene rings is 1. The van der Waals surface area contributed by atoms with Crippen LogP contribution in [0.4, 0.5) is 5.69 Å². The maximum Gasteiger partial charge on any atom is 0.201 e. The van der Waals surface area contributed by atoms with Crippen LogP contribution in [0.5, 0.6) is 0 Å². The molecule has 0 aliphatic carbocycles. The molecule has 2 aromatic rings. The summed E-state index contributed by atoms with van der Waals surface area (Å²) in [5.74, 6) is 0.0317. The number of para-hydroxylation sites is 1. The van der Waals surface area contributed by atoms with E-state index >= 15 is 0 Å². The van der Waals surface area contributed by atoms with E-state index in [4.69, 9.17) is 0 Å². The number of ketones is 2.